The molecule has 2 aromatic heterocycles. The number of hydrogen-bond donors (Lipinski definition) is 1. The highest BCUT2D eigenvalue weighted by atomic mass is 32.1. The lowest BCUT2D eigenvalue weighted by molar-refractivity contribution is -0.133. The van der Waals surface area contributed by atoms with Crippen molar-refractivity contribution < 1.29 is 23.8 Å². The second-order valence-corrected chi connectivity index (χ2v) is 15.6. The molecular formula is C42H46FN3O4S. The van der Waals surface area contributed by atoms with Crippen molar-refractivity contribution in [2.45, 2.75) is 76.3 Å². The predicted octanol–water partition coefficient (Wildman–Crippen LogP) is 8.62. The fourth-order valence-electron chi connectivity index (χ4n) is 8.81. The fraction of sp³-hybridized carbons (Fsp3) is 0.429. The minimum absolute atomic E-state index is 0.0812. The third kappa shape index (κ3) is 6.96. The van der Waals surface area contributed by atoms with Crippen molar-refractivity contribution in [3.63, 3.8) is 0 Å². The van der Waals surface area contributed by atoms with E-state index in [1.165, 1.54) is 35.0 Å². The van der Waals surface area contributed by atoms with E-state index in [2.05, 4.69) is 39.8 Å². The first-order valence-corrected chi connectivity index (χ1v) is 19.5. The molecule has 9 heteroatoms. The summed E-state index contributed by atoms with van der Waals surface area (Å²) in [5.74, 6) is -0.781. The number of ether oxygens (including phenoxy) is 1. The van der Waals surface area contributed by atoms with Gasteiger partial charge in [0.25, 0.3) is 0 Å². The number of hydrogen-bond acceptors (Lipinski definition) is 5. The summed E-state index contributed by atoms with van der Waals surface area (Å²) in [5.41, 5.74) is 7.91. The van der Waals surface area contributed by atoms with Crippen LogP contribution < -0.4 is 0 Å². The van der Waals surface area contributed by atoms with Crippen LogP contribution in [0.3, 0.4) is 0 Å². The summed E-state index contributed by atoms with van der Waals surface area (Å²) >= 11 is 1.35. The monoisotopic (exact) mass is 707 g/mol. The molecule has 1 saturated carbocycles. The molecule has 3 fully saturated rings. The Morgan fingerprint density at radius 3 is 2.47 bits per heavy atom. The number of allylic oxidation sites excluding steroid dienone is 3. The zero-order chi connectivity index (χ0) is 34.9. The van der Waals surface area contributed by atoms with Gasteiger partial charge < -0.3 is 19.3 Å². The van der Waals surface area contributed by atoms with E-state index in [9.17, 15) is 19.1 Å². The van der Waals surface area contributed by atoms with Crippen LogP contribution in [0, 0.1) is 5.82 Å². The van der Waals surface area contributed by atoms with Crippen molar-refractivity contribution in [2.24, 2.45) is 0 Å². The van der Waals surface area contributed by atoms with Gasteiger partial charge in [-0.25, -0.2) is 9.18 Å². The van der Waals surface area contributed by atoms with Crippen LogP contribution in [0.2, 0.25) is 0 Å². The number of aryl methyl sites for hydroxylation is 1. The zero-order valence-corrected chi connectivity index (χ0v) is 29.9. The average molecular weight is 708 g/mol. The van der Waals surface area contributed by atoms with Crippen LogP contribution in [-0.2, 0) is 22.5 Å². The van der Waals surface area contributed by atoms with Crippen LogP contribution in [0.4, 0.5) is 4.39 Å². The zero-order valence-electron chi connectivity index (χ0n) is 29.1. The Kier molecular flexibility index (Phi) is 9.95. The van der Waals surface area contributed by atoms with Crippen molar-refractivity contribution in [2.75, 3.05) is 39.4 Å². The molecule has 2 aromatic carbocycles. The third-order valence-corrected chi connectivity index (χ3v) is 12.6. The smallest absolute Gasteiger partial charge is 0.345 e. The van der Waals surface area contributed by atoms with E-state index in [1.807, 2.05) is 23.1 Å². The summed E-state index contributed by atoms with van der Waals surface area (Å²) in [6.45, 7) is 5.07. The fourth-order valence-corrected chi connectivity index (χ4v) is 9.93. The number of fused-ring (bicyclic) bond motifs is 2. The minimum atomic E-state index is -0.930. The number of carboxylic acids is 1. The van der Waals surface area contributed by atoms with Gasteiger partial charge in [0.15, 0.2) is 0 Å². The van der Waals surface area contributed by atoms with Gasteiger partial charge in [-0.2, -0.15) is 0 Å². The topological polar surface area (TPSA) is 75.0 Å². The van der Waals surface area contributed by atoms with E-state index in [4.69, 9.17) is 4.74 Å². The number of nitrogens with zero attached hydrogens (tertiary/aromatic N) is 3. The standard InChI is InChI=1S/C42H46FN3O4S/c43-35-12-5-4-11-34(35)29-10-6-9-28-13-16-32(25-31(28)15-14-29)40-39(30-7-2-1-3-8-30)41-36(26-37(51-41)42(48)49)46(40)27-38(47)45-19-17-33(18-20-45)44-21-23-50-24-22-44/h4-5,10-16,25-26,30,33H,1-3,6-9,17-24,27H2,(H,48,49)/b15-14-,29-10-. The summed E-state index contributed by atoms with van der Waals surface area (Å²) in [5, 5.41) is 10.1. The Labute approximate surface area is 303 Å². The molecule has 7 nitrogen and oxygen atoms in total. The average Bonchev–Trinajstić information content (AvgIpc) is 3.71. The quantitative estimate of drug-likeness (QED) is 0.208. The van der Waals surface area contributed by atoms with Gasteiger partial charge in [-0.05, 0) is 90.5 Å². The summed E-state index contributed by atoms with van der Waals surface area (Å²) in [6.07, 6.45) is 15.4. The molecule has 0 atom stereocenters. The predicted molar refractivity (Wildman–Crippen MR) is 202 cm³/mol. The number of rotatable bonds is 7. The van der Waals surface area contributed by atoms with E-state index in [0.29, 0.717) is 22.4 Å². The van der Waals surface area contributed by atoms with Crippen molar-refractivity contribution in [3.05, 3.63) is 93.6 Å². The number of aromatic carboxylic acids is 1. The lowest BCUT2D eigenvalue weighted by Gasteiger charge is -2.40. The molecule has 0 unspecified atom stereocenters. The SMILES string of the molecule is O=C(O)c1cc2c(s1)c(C1CCCCC1)c(-c1ccc3c(c1)/C=C\C(c1ccccc1F)=C\CC3)n2CC(=O)N1CCC(N2CCOCC2)CC1. The second kappa shape index (κ2) is 14.9. The van der Waals surface area contributed by atoms with Gasteiger partial charge in [0, 0.05) is 37.8 Å². The van der Waals surface area contributed by atoms with Crippen molar-refractivity contribution in [3.8, 4) is 11.3 Å². The number of amides is 1. The van der Waals surface area contributed by atoms with E-state index in [0.717, 1.165) is 123 Å². The number of halogens is 1. The van der Waals surface area contributed by atoms with Crippen LogP contribution in [0.5, 0.6) is 0 Å². The van der Waals surface area contributed by atoms with Crippen LogP contribution >= 0.6 is 11.3 Å². The third-order valence-electron chi connectivity index (χ3n) is 11.5. The molecule has 8 rings (SSSR count). The molecule has 2 aliphatic carbocycles. The number of thiophene rings is 1. The summed E-state index contributed by atoms with van der Waals surface area (Å²) in [4.78, 5) is 31.4. The summed E-state index contributed by atoms with van der Waals surface area (Å²) in [6, 6.07) is 15.8. The highest BCUT2D eigenvalue weighted by molar-refractivity contribution is 7.21. The maximum absolute atomic E-state index is 14.8. The highest BCUT2D eigenvalue weighted by Gasteiger charge is 2.32. The number of carboxylic acid groups (broad SMARTS) is 1. The number of likely N-dealkylation sites (tertiary alicyclic amines) is 1. The molecule has 51 heavy (non-hydrogen) atoms. The number of piperidine rings is 1. The Balaban J connectivity index is 1.18. The molecule has 0 spiro atoms. The number of morpholine rings is 1. The molecule has 266 valence electrons. The van der Waals surface area contributed by atoms with Crippen molar-refractivity contribution in [1.29, 1.82) is 0 Å². The highest BCUT2D eigenvalue weighted by Crippen LogP contribution is 2.47. The van der Waals surface area contributed by atoms with Gasteiger partial charge in [-0.1, -0.05) is 67.8 Å². The van der Waals surface area contributed by atoms with Crippen molar-refractivity contribution in [1.82, 2.24) is 14.4 Å². The molecule has 4 aliphatic rings. The molecule has 4 aromatic rings. The second-order valence-electron chi connectivity index (χ2n) is 14.5. The molecule has 0 bridgehead atoms. The number of benzene rings is 2. The van der Waals surface area contributed by atoms with E-state index in [-0.39, 0.29) is 18.3 Å². The van der Waals surface area contributed by atoms with Gasteiger partial charge in [0.2, 0.25) is 5.91 Å². The van der Waals surface area contributed by atoms with Crippen LogP contribution in [0.25, 0.3) is 33.1 Å². The molecule has 0 radical (unpaired) electrons. The first-order valence-electron chi connectivity index (χ1n) is 18.7. The molecule has 2 aliphatic heterocycles. The Bertz CT molecular complexity index is 1990. The molecule has 1 amide bonds. The maximum Gasteiger partial charge on any atom is 0.345 e. The van der Waals surface area contributed by atoms with Gasteiger partial charge >= 0.3 is 5.97 Å². The molecular weight excluding hydrogens is 662 g/mol. The first-order chi connectivity index (χ1) is 24.9. The Hall–Kier alpha value is -4.05. The van der Waals surface area contributed by atoms with E-state index >= 15 is 0 Å². The minimum Gasteiger partial charge on any atom is -0.477 e. The van der Waals surface area contributed by atoms with Crippen LogP contribution in [0.15, 0.2) is 60.7 Å². The number of carbonyl (C=O) groups is 2. The Morgan fingerprint density at radius 1 is 0.922 bits per heavy atom. The summed E-state index contributed by atoms with van der Waals surface area (Å²) < 4.78 is 23.5. The maximum atomic E-state index is 14.8. The molecule has 1 N–H and O–H groups in total. The first kappa shape index (κ1) is 34.1. The lowest BCUT2D eigenvalue weighted by atomic mass is 9.82. The number of aromatic nitrogens is 1. The lowest BCUT2D eigenvalue weighted by Crippen LogP contribution is -2.50. The van der Waals surface area contributed by atoms with E-state index < -0.39 is 5.97 Å². The van der Waals surface area contributed by atoms with Crippen LogP contribution in [0.1, 0.15) is 89.2 Å². The van der Waals surface area contributed by atoms with Crippen LogP contribution in [-0.4, -0.2) is 76.8 Å². The summed E-state index contributed by atoms with van der Waals surface area (Å²) in [7, 11) is 0. The van der Waals surface area contributed by atoms with E-state index in [1.54, 1.807) is 12.1 Å². The van der Waals surface area contributed by atoms with Gasteiger partial charge in [0.05, 0.1) is 29.1 Å². The number of carbonyl (C=O) groups excluding carboxylic acids is 1. The molecule has 4 heterocycles. The van der Waals surface area contributed by atoms with Gasteiger partial charge in [-0.3, -0.25) is 9.69 Å². The van der Waals surface area contributed by atoms with Gasteiger partial charge in [-0.15, -0.1) is 11.3 Å². The van der Waals surface area contributed by atoms with Crippen molar-refractivity contribution >= 4 is 45.1 Å². The van der Waals surface area contributed by atoms with Gasteiger partial charge in [0.1, 0.15) is 17.2 Å². The largest absolute Gasteiger partial charge is 0.477 e. The normalized spacial score (nSPS) is 21.1. The Morgan fingerprint density at radius 2 is 1.71 bits per heavy atom. The molecule has 2 saturated heterocycles.